The number of imidazole rings is 1. The number of thiazole rings is 1. The van der Waals surface area contributed by atoms with Crippen LogP contribution in [0.3, 0.4) is 0 Å². The number of halogens is 4. The molecular formula is C23H15F4N9O4S. The zero-order chi connectivity index (χ0) is 29.5. The predicted octanol–water partition coefficient (Wildman–Crippen LogP) is 3.85. The summed E-state index contributed by atoms with van der Waals surface area (Å²) in [5, 5.41) is 18.2. The molecule has 0 bridgehead atoms. The Morgan fingerprint density at radius 1 is 1.12 bits per heavy atom. The SMILES string of the molecule is NC(=O)C(c1cnc[nH]1)n1ncc2c(C(=O)O)cc(-c3cnc(NC(=O)Nc4cc(C(F)(F)F)ccc4F)s3)nc21. The van der Waals surface area contributed by atoms with Crippen molar-refractivity contribution in [3.05, 3.63) is 71.8 Å². The molecule has 0 aliphatic rings. The smallest absolute Gasteiger partial charge is 0.416 e. The molecule has 4 aromatic heterocycles. The first-order valence-electron chi connectivity index (χ1n) is 11.2. The largest absolute Gasteiger partial charge is 0.478 e. The third kappa shape index (κ3) is 5.39. The maximum atomic E-state index is 14.0. The lowest BCUT2D eigenvalue weighted by Gasteiger charge is -2.13. The minimum atomic E-state index is -4.75. The number of urea groups is 1. The first kappa shape index (κ1) is 27.2. The fourth-order valence-electron chi connectivity index (χ4n) is 3.83. The van der Waals surface area contributed by atoms with Crippen molar-refractivity contribution >= 4 is 51.1 Å². The first-order valence-corrected chi connectivity index (χ1v) is 12.0. The zero-order valence-corrected chi connectivity index (χ0v) is 20.9. The summed E-state index contributed by atoms with van der Waals surface area (Å²) in [6.45, 7) is 0. The first-order chi connectivity index (χ1) is 19.4. The van der Waals surface area contributed by atoms with Gasteiger partial charge in [0.15, 0.2) is 16.8 Å². The highest BCUT2D eigenvalue weighted by atomic mass is 32.1. The molecule has 1 atom stereocenters. The van der Waals surface area contributed by atoms with Crippen molar-refractivity contribution in [3.63, 3.8) is 0 Å². The summed E-state index contributed by atoms with van der Waals surface area (Å²) in [6.07, 6.45) is 0.397. The Kier molecular flexibility index (Phi) is 6.83. The Balaban J connectivity index is 1.45. The molecule has 0 radical (unpaired) electrons. The number of nitrogens with two attached hydrogens (primary N) is 1. The third-order valence-electron chi connectivity index (χ3n) is 5.65. The number of hydrogen-bond donors (Lipinski definition) is 5. The fourth-order valence-corrected chi connectivity index (χ4v) is 4.60. The molecule has 13 nitrogen and oxygen atoms in total. The number of carbonyl (C=O) groups is 3. The van der Waals surface area contributed by atoms with Gasteiger partial charge in [-0.15, -0.1) is 0 Å². The van der Waals surface area contributed by atoms with E-state index in [9.17, 15) is 37.1 Å². The van der Waals surface area contributed by atoms with Gasteiger partial charge in [-0.2, -0.15) is 18.3 Å². The molecule has 1 aromatic carbocycles. The number of benzene rings is 1. The van der Waals surface area contributed by atoms with E-state index in [1.165, 1.54) is 31.0 Å². The molecule has 3 amide bonds. The number of primary amides is 1. The average Bonchev–Trinajstić information content (AvgIpc) is 3.66. The highest BCUT2D eigenvalue weighted by molar-refractivity contribution is 7.19. The number of aromatic amines is 1. The standard InChI is InChI=1S/C23H15F4N9O4S/c24-12-2-1-9(23(25,26)27)3-13(12)34-21(40)35-22-30-7-16(41-22)14-4-10(20(38)39)11-5-32-36(19(11)33-14)17(18(28)37)15-6-29-8-31-15/h1-8,17H,(H2,28,37)(H,29,31)(H,38,39)(H2,30,34,35,40). The summed E-state index contributed by atoms with van der Waals surface area (Å²) in [5.74, 6) is -3.23. The van der Waals surface area contributed by atoms with Crippen LogP contribution in [0.1, 0.15) is 27.7 Å². The molecular weight excluding hydrogens is 574 g/mol. The average molecular weight is 589 g/mol. The van der Waals surface area contributed by atoms with Gasteiger partial charge in [0, 0.05) is 6.20 Å². The van der Waals surface area contributed by atoms with Gasteiger partial charge in [0.2, 0.25) is 5.91 Å². The van der Waals surface area contributed by atoms with Gasteiger partial charge in [-0.1, -0.05) is 11.3 Å². The Hall–Kier alpha value is -5.39. The number of H-pyrrole nitrogens is 1. The van der Waals surface area contributed by atoms with Gasteiger partial charge in [-0.05, 0) is 24.3 Å². The predicted molar refractivity (Wildman–Crippen MR) is 136 cm³/mol. The number of carboxylic acids is 1. The van der Waals surface area contributed by atoms with Gasteiger partial charge < -0.3 is 21.1 Å². The van der Waals surface area contributed by atoms with Crippen LogP contribution in [0.5, 0.6) is 0 Å². The van der Waals surface area contributed by atoms with Crippen LogP contribution in [-0.2, 0) is 11.0 Å². The molecule has 5 aromatic rings. The second-order valence-corrected chi connectivity index (χ2v) is 9.33. The lowest BCUT2D eigenvalue weighted by molar-refractivity contribution is -0.137. The summed E-state index contributed by atoms with van der Waals surface area (Å²) in [7, 11) is 0. The van der Waals surface area contributed by atoms with Crippen molar-refractivity contribution in [3.8, 4) is 10.6 Å². The molecule has 5 rings (SSSR count). The Bertz CT molecular complexity index is 1800. The topological polar surface area (TPSA) is 194 Å². The molecule has 0 spiro atoms. The minimum absolute atomic E-state index is 0.000950. The second-order valence-electron chi connectivity index (χ2n) is 8.30. The van der Waals surface area contributed by atoms with E-state index in [4.69, 9.17) is 5.73 Å². The van der Waals surface area contributed by atoms with E-state index in [0.29, 0.717) is 18.2 Å². The van der Waals surface area contributed by atoms with Gasteiger partial charge in [0.05, 0.1) is 57.2 Å². The number of aromatic carboxylic acids is 1. The number of aromatic nitrogens is 6. The molecule has 6 N–H and O–H groups in total. The van der Waals surface area contributed by atoms with Crippen molar-refractivity contribution in [2.45, 2.75) is 12.2 Å². The molecule has 41 heavy (non-hydrogen) atoms. The lowest BCUT2D eigenvalue weighted by atomic mass is 10.1. The number of rotatable bonds is 7. The number of carbonyl (C=O) groups excluding carboxylic acids is 2. The Labute approximate surface area is 229 Å². The van der Waals surface area contributed by atoms with E-state index < -0.39 is 47.2 Å². The van der Waals surface area contributed by atoms with Crippen LogP contribution < -0.4 is 16.4 Å². The van der Waals surface area contributed by atoms with E-state index >= 15 is 0 Å². The van der Waals surface area contributed by atoms with Crippen LogP contribution in [0, 0.1) is 5.82 Å². The molecule has 0 saturated carbocycles. The summed E-state index contributed by atoms with van der Waals surface area (Å²) >= 11 is 0.837. The fraction of sp³-hybridized carbons (Fsp3) is 0.0870. The number of hydrogen-bond acceptors (Lipinski definition) is 8. The van der Waals surface area contributed by atoms with E-state index in [0.717, 1.165) is 16.0 Å². The van der Waals surface area contributed by atoms with Crippen molar-refractivity contribution in [1.29, 1.82) is 0 Å². The summed E-state index contributed by atoms with van der Waals surface area (Å²) in [6, 6.07) is 0.510. The zero-order valence-electron chi connectivity index (χ0n) is 20.1. The van der Waals surface area contributed by atoms with Crippen molar-refractivity contribution in [1.82, 2.24) is 29.7 Å². The number of pyridine rings is 1. The van der Waals surface area contributed by atoms with Crippen LogP contribution >= 0.6 is 11.3 Å². The molecule has 0 saturated heterocycles. The van der Waals surface area contributed by atoms with Crippen LogP contribution in [0.4, 0.5) is 33.2 Å². The number of nitrogens with one attached hydrogen (secondary N) is 3. The maximum absolute atomic E-state index is 14.0. The molecule has 210 valence electrons. The Morgan fingerprint density at radius 2 is 1.90 bits per heavy atom. The van der Waals surface area contributed by atoms with Gasteiger partial charge in [-0.3, -0.25) is 10.1 Å². The highest BCUT2D eigenvalue weighted by Crippen LogP contribution is 2.34. The number of carboxylic acid groups (broad SMARTS) is 1. The van der Waals surface area contributed by atoms with E-state index in [-0.39, 0.29) is 38.0 Å². The van der Waals surface area contributed by atoms with Crippen LogP contribution in [0.25, 0.3) is 21.6 Å². The summed E-state index contributed by atoms with van der Waals surface area (Å²) in [4.78, 5) is 52.0. The van der Waals surface area contributed by atoms with Gasteiger partial charge in [0.25, 0.3) is 0 Å². The van der Waals surface area contributed by atoms with Gasteiger partial charge in [0.1, 0.15) is 5.82 Å². The van der Waals surface area contributed by atoms with Crippen molar-refractivity contribution in [2.24, 2.45) is 5.73 Å². The number of anilines is 2. The van der Waals surface area contributed by atoms with Crippen molar-refractivity contribution < 1.29 is 37.1 Å². The normalized spacial score (nSPS) is 12.3. The number of amides is 3. The molecule has 4 heterocycles. The maximum Gasteiger partial charge on any atom is 0.416 e. The summed E-state index contributed by atoms with van der Waals surface area (Å²) < 4.78 is 54.0. The van der Waals surface area contributed by atoms with Crippen LogP contribution in [-0.4, -0.2) is 52.7 Å². The minimum Gasteiger partial charge on any atom is -0.478 e. The lowest BCUT2D eigenvalue weighted by Crippen LogP contribution is -2.28. The number of fused-ring (bicyclic) bond motifs is 1. The second kappa shape index (κ2) is 10.3. The van der Waals surface area contributed by atoms with E-state index in [1.54, 1.807) is 0 Å². The molecule has 1 unspecified atom stereocenters. The number of alkyl halides is 3. The van der Waals surface area contributed by atoms with Gasteiger partial charge in [-0.25, -0.2) is 33.6 Å². The monoisotopic (exact) mass is 589 g/mol. The highest BCUT2D eigenvalue weighted by Gasteiger charge is 2.31. The van der Waals surface area contributed by atoms with E-state index in [1.807, 2.05) is 5.32 Å². The quantitative estimate of drug-likeness (QED) is 0.177. The van der Waals surface area contributed by atoms with Crippen LogP contribution in [0.2, 0.25) is 0 Å². The van der Waals surface area contributed by atoms with Crippen LogP contribution in [0.15, 0.2) is 49.2 Å². The summed E-state index contributed by atoms with van der Waals surface area (Å²) in [5.41, 5.74) is 3.86. The molecule has 0 aliphatic heterocycles. The Morgan fingerprint density at radius 3 is 2.56 bits per heavy atom. The third-order valence-corrected chi connectivity index (χ3v) is 6.58. The molecule has 18 heteroatoms. The number of nitrogens with zero attached hydrogens (tertiary/aromatic N) is 5. The van der Waals surface area contributed by atoms with E-state index in [2.05, 4.69) is 30.4 Å². The molecule has 0 aliphatic carbocycles. The van der Waals surface area contributed by atoms with Crippen molar-refractivity contribution in [2.75, 3.05) is 10.6 Å². The molecule has 0 fully saturated rings. The van der Waals surface area contributed by atoms with Gasteiger partial charge >= 0.3 is 18.2 Å².